The predicted octanol–water partition coefficient (Wildman–Crippen LogP) is 2.23. The third-order valence-corrected chi connectivity index (χ3v) is 3.78. The van der Waals surface area contributed by atoms with Crippen molar-refractivity contribution in [3.05, 3.63) is 60.9 Å². The number of rotatable bonds is 10. The highest BCUT2D eigenvalue weighted by molar-refractivity contribution is 5.77. The molecule has 0 saturated heterocycles. The van der Waals surface area contributed by atoms with Gasteiger partial charge in [0.15, 0.2) is 12.4 Å². The SMILES string of the molecule is COc1cccc(OCC(=O)NCCNc2ccc(Nc3ccncc3)nn2)c1. The molecule has 0 atom stereocenters. The van der Waals surface area contributed by atoms with Crippen molar-refractivity contribution in [2.24, 2.45) is 0 Å². The van der Waals surface area contributed by atoms with Crippen LogP contribution in [0.15, 0.2) is 60.9 Å². The van der Waals surface area contributed by atoms with Gasteiger partial charge in [-0.25, -0.2) is 0 Å². The monoisotopic (exact) mass is 394 g/mol. The Labute approximate surface area is 168 Å². The molecule has 2 aromatic heterocycles. The van der Waals surface area contributed by atoms with Crippen LogP contribution in [0.3, 0.4) is 0 Å². The first kappa shape index (κ1) is 19.9. The lowest BCUT2D eigenvalue weighted by molar-refractivity contribution is -0.123. The van der Waals surface area contributed by atoms with Gasteiger partial charge in [-0.15, -0.1) is 10.2 Å². The number of amides is 1. The summed E-state index contributed by atoms with van der Waals surface area (Å²) in [5, 5.41) is 17.2. The predicted molar refractivity (Wildman–Crippen MR) is 110 cm³/mol. The van der Waals surface area contributed by atoms with E-state index in [0.717, 1.165) is 5.69 Å². The summed E-state index contributed by atoms with van der Waals surface area (Å²) in [5.41, 5.74) is 0.883. The lowest BCUT2D eigenvalue weighted by Crippen LogP contribution is -2.32. The summed E-state index contributed by atoms with van der Waals surface area (Å²) in [5.74, 6) is 2.29. The van der Waals surface area contributed by atoms with E-state index >= 15 is 0 Å². The van der Waals surface area contributed by atoms with Gasteiger partial charge < -0.3 is 25.4 Å². The summed E-state index contributed by atoms with van der Waals surface area (Å²) < 4.78 is 10.6. The molecule has 3 N–H and O–H groups in total. The van der Waals surface area contributed by atoms with Gasteiger partial charge in [0.25, 0.3) is 5.91 Å². The lowest BCUT2D eigenvalue weighted by Gasteiger charge is -2.09. The lowest BCUT2D eigenvalue weighted by atomic mass is 10.3. The second-order valence-electron chi connectivity index (χ2n) is 5.91. The number of carbonyl (C=O) groups is 1. The normalized spacial score (nSPS) is 10.1. The van der Waals surface area contributed by atoms with Crippen molar-refractivity contribution in [1.29, 1.82) is 0 Å². The Bertz CT molecular complexity index is 906. The van der Waals surface area contributed by atoms with Gasteiger partial charge in [-0.2, -0.15) is 0 Å². The summed E-state index contributed by atoms with van der Waals surface area (Å²) in [7, 11) is 1.58. The second kappa shape index (κ2) is 10.5. The Hall–Kier alpha value is -3.88. The number of anilines is 3. The summed E-state index contributed by atoms with van der Waals surface area (Å²) >= 11 is 0. The van der Waals surface area contributed by atoms with E-state index in [9.17, 15) is 4.79 Å². The molecule has 1 aromatic carbocycles. The fourth-order valence-electron chi connectivity index (χ4n) is 2.36. The van der Waals surface area contributed by atoms with E-state index in [1.807, 2.05) is 30.3 Å². The molecule has 1 amide bonds. The van der Waals surface area contributed by atoms with Gasteiger partial charge >= 0.3 is 0 Å². The maximum Gasteiger partial charge on any atom is 0.258 e. The van der Waals surface area contributed by atoms with E-state index < -0.39 is 0 Å². The van der Waals surface area contributed by atoms with Crippen LogP contribution in [0.25, 0.3) is 0 Å². The molecule has 0 aliphatic rings. The zero-order valence-corrected chi connectivity index (χ0v) is 16.0. The van der Waals surface area contributed by atoms with Gasteiger partial charge in [0, 0.05) is 37.2 Å². The number of methoxy groups -OCH3 is 1. The van der Waals surface area contributed by atoms with Crippen molar-refractivity contribution >= 4 is 23.2 Å². The molecule has 0 aliphatic carbocycles. The molecule has 3 aromatic rings. The molecule has 0 unspecified atom stereocenters. The van der Waals surface area contributed by atoms with Crippen LogP contribution < -0.4 is 25.4 Å². The quantitative estimate of drug-likeness (QED) is 0.449. The Balaban J connectivity index is 1.34. The summed E-state index contributed by atoms with van der Waals surface area (Å²) in [6, 6.07) is 14.4. The van der Waals surface area contributed by atoms with Gasteiger partial charge in [0.1, 0.15) is 17.3 Å². The molecule has 0 saturated carbocycles. The highest BCUT2D eigenvalue weighted by atomic mass is 16.5. The van der Waals surface area contributed by atoms with Crippen molar-refractivity contribution in [1.82, 2.24) is 20.5 Å². The minimum absolute atomic E-state index is 0.0671. The van der Waals surface area contributed by atoms with Crippen LogP contribution in [0.2, 0.25) is 0 Å². The minimum atomic E-state index is -0.211. The van der Waals surface area contributed by atoms with Crippen molar-refractivity contribution in [2.75, 3.05) is 37.4 Å². The molecule has 0 bridgehead atoms. The van der Waals surface area contributed by atoms with Crippen LogP contribution in [-0.2, 0) is 4.79 Å². The molecule has 0 aliphatic heterocycles. The zero-order chi connectivity index (χ0) is 20.3. The van der Waals surface area contributed by atoms with Gasteiger partial charge in [0.05, 0.1) is 7.11 Å². The van der Waals surface area contributed by atoms with Crippen LogP contribution in [0, 0.1) is 0 Å². The van der Waals surface area contributed by atoms with Crippen molar-refractivity contribution < 1.29 is 14.3 Å². The molecule has 3 rings (SSSR count). The average molecular weight is 394 g/mol. The maximum atomic E-state index is 11.9. The maximum absolute atomic E-state index is 11.9. The fraction of sp³-hybridized carbons (Fsp3) is 0.200. The molecular weight excluding hydrogens is 372 g/mol. The molecule has 150 valence electrons. The molecular formula is C20H22N6O3. The fourth-order valence-corrected chi connectivity index (χ4v) is 2.36. The van der Waals surface area contributed by atoms with Gasteiger partial charge in [0.2, 0.25) is 0 Å². The van der Waals surface area contributed by atoms with Crippen LogP contribution >= 0.6 is 0 Å². The summed E-state index contributed by atoms with van der Waals surface area (Å²) in [4.78, 5) is 15.8. The van der Waals surface area contributed by atoms with Crippen molar-refractivity contribution in [3.63, 3.8) is 0 Å². The number of benzene rings is 1. The largest absolute Gasteiger partial charge is 0.497 e. The Morgan fingerprint density at radius 2 is 1.72 bits per heavy atom. The van der Waals surface area contributed by atoms with E-state index in [4.69, 9.17) is 9.47 Å². The number of nitrogens with one attached hydrogen (secondary N) is 3. The standard InChI is InChI=1S/C20H22N6O3/c1-28-16-3-2-4-17(13-16)29-14-20(27)23-12-11-22-18-5-6-19(26-25-18)24-15-7-9-21-10-8-15/h2-10,13H,11-12,14H2,1H3,(H,22,25)(H,23,27)(H,21,24,26). The molecule has 0 radical (unpaired) electrons. The number of nitrogens with zero attached hydrogens (tertiary/aromatic N) is 3. The number of carbonyl (C=O) groups excluding carboxylic acids is 1. The number of aromatic nitrogens is 3. The van der Waals surface area contributed by atoms with Crippen molar-refractivity contribution in [3.8, 4) is 11.5 Å². The van der Waals surface area contributed by atoms with Gasteiger partial charge in [-0.3, -0.25) is 9.78 Å². The van der Waals surface area contributed by atoms with E-state index in [0.29, 0.717) is 36.2 Å². The molecule has 9 nitrogen and oxygen atoms in total. The van der Waals surface area contributed by atoms with Crippen LogP contribution in [0.4, 0.5) is 17.3 Å². The number of pyridine rings is 1. The van der Waals surface area contributed by atoms with Gasteiger partial charge in [-0.1, -0.05) is 6.07 Å². The van der Waals surface area contributed by atoms with E-state index in [-0.39, 0.29) is 12.5 Å². The Morgan fingerprint density at radius 3 is 2.48 bits per heavy atom. The molecule has 0 fully saturated rings. The zero-order valence-electron chi connectivity index (χ0n) is 16.0. The molecule has 2 heterocycles. The van der Waals surface area contributed by atoms with Crippen LogP contribution in [0.1, 0.15) is 0 Å². The van der Waals surface area contributed by atoms with Gasteiger partial charge in [-0.05, 0) is 36.4 Å². The average Bonchev–Trinajstić information content (AvgIpc) is 2.77. The third kappa shape index (κ3) is 6.65. The number of hydrogen-bond donors (Lipinski definition) is 3. The first-order valence-corrected chi connectivity index (χ1v) is 9.01. The third-order valence-electron chi connectivity index (χ3n) is 3.78. The molecule has 9 heteroatoms. The molecule has 29 heavy (non-hydrogen) atoms. The highest BCUT2D eigenvalue weighted by Gasteiger charge is 2.04. The van der Waals surface area contributed by atoms with E-state index in [2.05, 4.69) is 31.1 Å². The topological polar surface area (TPSA) is 110 Å². The minimum Gasteiger partial charge on any atom is -0.497 e. The van der Waals surface area contributed by atoms with Crippen molar-refractivity contribution in [2.45, 2.75) is 0 Å². The first-order valence-electron chi connectivity index (χ1n) is 9.01. The number of hydrogen-bond acceptors (Lipinski definition) is 8. The molecule has 0 spiro atoms. The summed E-state index contributed by atoms with van der Waals surface area (Å²) in [6.07, 6.45) is 3.39. The van der Waals surface area contributed by atoms with E-state index in [1.54, 1.807) is 37.7 Å². The van der Waals surface area contributed by atoms with Crippen LogP contribution in [-0.4, -0.2) is 47.9 Å². The Kier molecular flexibility index (Phi) is 7.16. The smallest absolute Gasteiger partial charge is 0.258 e. The summed E-state index contributed by atoms with van der Waals surface area (Å²) in [6.45, 7) is 0.873. The number of ether oxygens (including phenoxy) is 2. The Morgan fingerprint density at radius 1 is 0.966 bits per heavy atom. The second-order valence-corrected chi connectivity index (χ2v) is 5.91. The van der Waals surface area contributed by atoms with E-state index in [1.165, 1.54) is 0 Å². The van der Waals surface area contributed by atoms with Crippen LogP contribution in [0.5, 0.6) is 11.5 Å². The highest BCUT2D eigenvalue weighted by Crippen LogP contribution is 2.18. The first-order chi connectivity index (χ1) is 14.2.